The van der Waals surface area contributed by atoms with Crippen molar-refractivity contribution in [2.45, 2.75) is 18.1 Å². The standard InChI is InChI=1S/C19H19NO4S.C7H6O2/c1-23-16-4-2-3-13(11-16)9-10-24-15-7-5-14(6-8-15)12-17-18(21)20-19(22)25-17;8-7(9)6-4-2-1-3-5-6/h2-8,11,17H,9-10,12H2,1H3,(H,20,21,22);1-5H,(H,8,9). The Labute approximate surface area is 202 Å². The molecule has 0 saturated carbocycles. The van der Waals surface area contributed by atoms with Gasteiger partial charge < -0.3 is 14.6 Å². The summed E-state index contributed by atoms with van der Waals surface area (Å²) >= 11 is 1.05. The highest BCUT2D eigenvalue weighted by atomic mass is 32.2. The highest BCUT2D eigenvalue weighted by molar-refractivity contribution is 8.15. The Morgan fingerprint density at radius 3 is 2.26 bits per heavy atom. The third-order valence-electron chi connectivity index (χ3n) is 4.93. The molecule has 34 heavy (non-hydrogen) atoms. The van der Waals surface area contributed by atoms with Gasteiger partial charge in [-0.25, -0.2) is 4.79 Å². The van der Waals surface area contributed by atoms with Gasteiger partial charge in [-0.15, -0.1) is 0 Å². The van der Waals surface area contributed by atoms with Gasteiger partial charge in [-0.05, 0) is 53.9 Å². The number of benzene rings is 3. The van der Waals surface area contributed by atoms with Crippen molar-refractivity contribution in [3.63, 3.8) is 0 Å². The van der Waals surface area contributed by atoms with E-state index in [0.717, 1.165) is 40.8 Å². The molecular formula is C26H25NO6S. The SMILES string of the molecule is COc1cccc(CCOc2ccc(CC3SC(=O)NC3=O)cc2)c1.O=C(O)c1ccccc1. The Bertz CT molecular complexity index is 1120. The number of rotatable bonds is 8. The summed E-state index contributed by atoms with van der Waals surface area (Å²) in [6.07, 6.45) is 1.33. The van der Waals surface area contributed by atoms with Crippen LogP contribution in [0.3, 0.4) is 0 Å². The number of nitrogens with one attached hydrogen (secondary N) is 1. The lowest BCUT2D eigenvalue weighted by Crippen LogP contribution is -2.25. The first-order valence-electron chi connectivity index (χ1n) is 10.6. The van der Waals surface area contributed by atoms with Gasteiger partial charge in [0.25, 0.3) is 5.24 Å². The molecule has 0 spiro atoms. The molecule has 1 fully saturated rings. The Morgan fingerprint density at radius 2 is 1.68 bits per heavy atom. The van der Waals surface area contributed by atoms with E-state index in [0.29, 0.717) is 18.6 Å². The van der Waals surface area contributed by atoms with Gasteiger partial charge in [0.15, 0.2) is 0 Å². The van der Waals surface area contributed by atoms with Gasteiger partial charge in [-0.1, -0.05) is 54.2 Å². The Hall–Kier alpha value is -3.78. The first-order valence-corrected chi connectivity index (χ1v) is 11.5. The number of methoxy groups -OCH3 is 1. The number of aromatic carboxylic acids is 1. The second kappa shape index (κ2) is 12.5. The van der Waals surface area contributed by atoms with Crippen molar-refractivity contribution in [2.24, 2.45) is 0 Å². The summed E-state index contributed by atoms with van der Waals surface area (Å²) in [5.74, 6) is 0.532. The molecule has 0 bridgehead atoms. The summed E-state index contributed by atoms with van der Waals surface area (Å²) in [6, 6.07) is 23.8. The van der Waals surface area contributed by atoms with Crippen LogP contribution >= 0.6 is 11.8 Å². The van der Waals surface area contributed by atoms with Crippen LogP contribution in [0.1, 0.15) is 21.5 Å². The van der Waals surface area contributed by atoms with Crippen LogP contribution in [0.4, 0.5) is 4.79 Å². The maximum Gasteiger partial charge on any atom is 0.335 e. The predicted molar refractivity (Wildman–Crippen MR) is 131 cm³/mol. The minimum absolute atomic E-state index is 0.214. The van der Waals surface area contributed by atoms with Crippen LogP contribution in [0, 0.1) is 0 Å². The van der Waals surface area contributed by atoms with Crippen LogP contribution in [0.25, 0.3) is 0 Å². The normalized spacial score (nSPS) is 14.6. The monoisotopic (exact) mass is 479 g/mol. The zero-order valence-corrected chi connectivity index (χ0v) is 19.4. The second-order valence-corrected chi connectivity index (χ2v) is 8.53. The topological polar surface area (TPSA) is 102 Å². The fourth-order valence-corrected chi connectivity index (χ4v) is 4.02. The molecule has 1 atom stereocenters. The first kappa shape index (κ1) is 24.9. The van der Waals surface area contributed by atoms with Crippen molar-refractivity contribution in [3.8, 4) is 11.5 Å². The van der Waals surface area contributed by atoms with E-state index in [1.54, 1.807) is 37.4 Å². The maximum atomic E-state index is 11.6. The Balaban J connectivity index is 0.000000302. The van der Waals surface area contributed by atoms with E-state index in [2.05, 4.69) is 5.32 Å². The van der Waals surface area contributed by atoms with Crippen LogP contribution < -0.4 is 14.8 Å². The molecule has 1 aliphatic rings. The molecule has 3 aromatic rings. The summed E-state index contributed by atoms with van der Waals surface area (Å²) in [7, 11) is 1.65. The van der Waals surface area contributed by atoms with Crippen molar-refractivity contribution in [1.29, 1.82) is 0 Å². The highest BCUT2D eigenvalue weighted by Gasteiger charge is 2.31. The van der Waals surface area contributed by atoms with Gasteiger partial charge in [-0.2, -0.15) is 0 Å². The second-order valence-electron chi connectivity index (χ2n) is 7.35. The van der Waals surface area contributed by atoms with Crippen LogP contribution in [0.5, 0.6) is 11.5 Å². The molecule has 8 heteroatoms. The summed E-state index contributed by atoms with van der Waals surface area (Å²) in [6.45, 7) is 0.571. The van der Waals surface area contributed by atoms with Crippen molar-refractivity contribution >= 4 is 28.9 Å². The lowest BCUT2D eigenvalue weighted by Gasteiger charge is -2.09. The summed E-state index contributed by atoms with van der Waals surface area (Å²) in [5, 5.41) is 10.1. The predicted octanol–water partition coefficient (Wildman–Crippen LogP) is 4.60. The Kier molecular flexibility index (Phi) is 9.11. The number of carboxylic acids is 1. The zero-order valence-electron chi connectivity index (χ0n) is 18.6. The molecular weight excluding hydrogens is 454 g/mol. The lowest BCUT2D eigenvalue weighted by molar-refractivity contribution is -0.118. The number of carbonyl (C=O) groups is 3. The summed E-state index contributed by atoms with van der Waals surface area (Å²) in [5.41, 5.74) is 2.49. The molecule has 4 rings (SSSR count). The number of hydrogen-bond donors (Lipinski definition) is 2. The molecule has 7 nitrogen and oxygen atoms in total. The largest absolute Gasteiger partial charge is 0.497 e. The van der Waals surface area contributed by atoms with E-state index < -0.39 is 5.97 Å². The van der Waals surface area contributed by atoms with E-state index in [1.807, 2.05) is 48.5 Å². The smallest absolute Gasteiger partial charge is 0.335 e. The number of carboxylic acid groups (broad SMARTS) is 1. The minimum atomic E-state index is -0.879. The molecule has 176 valence electrons. The van der Waals surface area contributed by atoms with Crippen LogP contribution in [-0.2, 0) is 17.6 Å². The maximum absolute atomic E-state index is 11.6. The number of imide groups is 1. The minimum Gasteiger partial charge on any atom is -0.497 e. The van der Waals surface area contributed by atoms with Gasteiger partial charge in [0, 0.05) is 6.42 Å². The van der Waals surface area contributed by atoms with Crippen molar-refractivity contribution in [1.82, 2.24) is 5.32 Å². The molecule has 1 unspecified atom stereocenters. The van der Waals surface area contributed by atoms with E-state index in [4.69, 9.17) is 14.6 Å². The summed E-state index contributed by atoms with van der Waals surface area (Å²) in [4.78, 5) is 33.0. The van der Waals surface area contributed by atoms with Crippen LogP contribution in [0.15, 0.2) is 78.9 Å². The number of amides is 2. The summed E-state index contributed by atoms with van der Waals surface area (Å²) < 4.78 is 11.0. The van der Waals surface area contributed by atoms with E-state index in [1.165, 1.54) is 0 Å². The van der Waals surface area contributed by atoms with Gasteiger partial charge in [0.1, 0.15) is 11.5 Å². The highest BCUT2D eigenvalue weighted by Crippen LogP contribution is 2.24. The van der Waals surface area contributed by atoms with Crippen molar-refractivity contribution in [3.05, 3.63) is 95.6 Å². The van der Waals surface area contributed by atoms with Crippen molar-refractivity contribution in [2.75, 3.05) is 13.7 Å². The van der Waals surface area contributed by atoms with Gasteiger partial charge in [0.05, 0.1) is 24.5 Å². The fraction of sp³-hybridized carbons (Fsp3) is 0.192. The van der Waals surface area contributed by atoms with Gasteiger partial charge in [0.2, 0.25) is 5.91 Å². The quantitative estimate of drug-likeness (QED) is 0.487. The Morgan fingerprint density at radius 1 is 0.941 bits per heavy atom. The zero-order chi connectivity index (χ0) is 24.3. The number of carbonyl (C=O) groups excluding carboxylic acids is 2. The number of ether oxygens (including phenoxy) is 2. The van der Waals surface area contributed by atoms with E-state index in [9.17, 15) is 14.4 Å². The average Bonchev–Trinajstić information content (AvgIpc) is 3.17. The number of hydrogen-bond acceptors (Lipinski definition) is 6. The molecule has 0 aliphatic carbocycles. The van der Waals surface area contributed by atoms with Gasteiger partial charge >= 0.3 is 5.97 Å². The molecule has 2 amide bonds. The van der Waals surface area contributed by atoms with Crippen LogP contribution in [0.2, 0.25) is 0 Å². The molecule has 2 N–H and O–H groups in total. The van der Waals surface area contributed by atoms with E-state index in [-0.39, 0.29) is 16.4 Å². The molecule has 0 aromatic heterocycles. The third kappa shape index (κ3) is 7.67. The average molecular weight is 480 g/mol. The fourth-order valence-electron chi connectivity index (χ4n) is 3.16. The lowest BCUT2D eigenvalue weighted by atomic mass is 10.1. The molecule has 1 heterocycles. The van der Waals surface area contributed by atoms with Crippen LogP contribution in [-0.4, -0.2) is 41.2 Å². The molecule has 0 radical (unpaired) electrons. The van der Waals surface area contributed by atoms with E-state index >= 15 is 0 Å². The molecule has 3 aromatic carbocycles. The third-order valence-corrected chi connectivity index (χ3v) is 5.91. The van der Waals surface area contributed by atoms with Gasteiger partial charge in [-0.3, -0.25) is 14.9 Å². The molecule has 1 saturated heterocycles. The van der Waals surface area contributed by atoms with Crippen molar-refractivity contribution < 1.29 is 29.0 Å². The number of thioether (sulfide) groups is 1. The first-order chi connectivity index (χ1) is 16.4. The molecule has 1 aliphatic heterocycles.